The molecule has 0 unspecified atom stereocenters. The standard InChI is InChI=1S/C10H11FN2O/c11-8-2-1-3-9(6-8)14-7-10-12-4-5-13-10/h1-3,6H,4-5,7H2,(H,12,13). The van der Waals surface area contributed by atoms with Crippen molar-refractivity contribution in [2.24, 2.45) is 4.99 Å². The SMILES string of the molecule is Fc1cccc(OCC2=NCCN2)c1. The highest BCUT2D eigenvalue weighted by molar-refractivity contribution is 5.84. The van der Waals surface area contributed by atoms with E-state index in [-0.39, 0.29) is 5.82 Å². The van der Waals surface area contributed by atoms with Crippen LogP contribution in [0.2, 0.25) is 0 Å². The van der Waals surface area contributed by atoms with E-state index in [0.29, 0.717) is 12.4 Å². The van der Waals surface area contributed by atoms with E-state index >= 15 is 0 Å². The van der Waals surface area contributed by atoms with Gasteiger partial charge in [0, 0.05) is 12.6 Å². The molecule has 14 heavy (non-hydrogen) atoms. The minimum absolute atomic E-state index is 0.288. The van der Waals surface area contributed by atoms with Crippen LogP contribution >= 0.6 is 0 Å². The Labute approximate surface area is 81.6 Å². The molecular formula is C10H11FN2O. The van der Waals surface area contributed by atoms with Crippen LogP contribution in [0.5, 0.6) is 5.75 Å². The molecule has 0 aliphatic carbocycles. The van der Waals surface area contributed by atoms with Crippen molar-refractivity contribution < 1.29 is 9.13 Å². The summed E-state index contributed by atoms with van der Waals surface area (Å²) in [5.41, 5.74) is 0. The number of hydrogen-bond donors (Lipinski definition) is 1. The lowest BCUT2D eigenvalue weighted by atomic mass is 10.3. The Hall–Kier alpha value is -1.58. The Bertz CT molecular complexity index is 352. The minimum Gasteiger partial charge on any atom is -0.486 e. The lowest BCUT2D eigenvalue weighted by Gasteiger charge is -2.05. The predicted octanol–water partition coefficient (Wildman–Crippen LogP) is 1.21. The topological polar surface area (TPSA) is 33.6 Å². The molecule has 1 aromatic carbocycles. The summed E-state index contributed by atoms with van der Waals surface area (Å²) in [6.07, 6.45) is 0. The van der Waals surface area contributed by atoms with E-state index in [0.717, 1.165) is 18.9 Å². The summed E-state index contributed by atoms with van der Waals surface area (Å²) in [6, 6.07) is 6.08. The zero-order valence-corrected chi connectivity index (χ0v) is 7.66. The van der Waals surface area contributed by atoms with Crippen LogP contribution in [0.15, 0.2) is 29.3 Å². The average molecular weight is 194 g/mol. The quantitative estimate of drug-likeness (QED) is 0.784. The fraction of sp³-hybridized carbons (Fsp3) is 0.300. The molecule has 1 aromatic rings. The number of ether oxygens (including phenoxy) is 1. The van der Waals surface area contributed by atoms with Gasteiger partial charge in [0.15, 0.2) is 0 Å². The van der Waals surface area contributed by atoms with Gasteiger partial charge in [-0.05, 0) is 12.1 Å². The highest BCUT2D eigenvalue weighted by Crippen LogP contribution is 2.11. The molecule has 1 N–H and O–H groups in total. The Morgan fingerprint density at radius 1 is 1.50 bits per heavy atom. The zero-order valence-electron chi connectivity index (χ0n) is 7.66. The third-order valence-corrected chi connectivity index (χ3v) is 1.92. The van der Waals surface area contributed by atoms with Crippen LogP contribution in [-0.2, 0) is 0 Å². The summed E-state index contributed by atoms with van der Waals surface area (Å²) in [6.45, 7) is 2.03. The van der Waals surface area contributed by atoms with Gasteiger partial charge >= 0.3 is 0 Å². The summed E-state index contributed by atoms with van der Waals surface area (Å²) in [5.74, 6) is 1.07. The lowest BCUT2D eigenvalue weighted by molar-refractivity contribution is 0.371. The number of nitrogens with zero attached hydrogens (tertiary/aromatic N) is 1. The number of benzene rings is 1. The molecule has 0 spiro atoms. The summed E-state index contributed by atoms with van der Waals surface area (Å²) in [7, 11) is 0. The lowest BCUT2D eigenvalue weighted by Crippen LogP contribution is -2.24. The molecule has 74 valence electrons. The maximum Gasteiger partial charge on any atom is 0.145 e. The molecule has 0 aromatic heterocycles. The highest BCUT2D eigenvalue weighted by atomic mass is 19.1. The second kappa shape index (κ2) is 4.09. The third kappa shape index (κ3) is 2.22. The number of hydrogen-bond acceptors (Lipinski definition) is 3. The third-order valence-electron chi connectivity index (χ3n) is 1.92. The largest absolute Gasteiger partial charge is 0.486 e. The highest BCUT2D eigenvalue weighted by Gasteiger charge is 2.05. The Kier molecular flexibility index (Phi) is 2.62. The van der Waals surface area contributed by atoms with Gasteiger partial charge in [-0.2, -0.15) is 0 Å². The first-order valence-electron chi connectivity index (χ1n) is 4.50. The van der Waals surface area contributed by atoms with Crippen LogP contribution in [0.25, 0.3) is 0 Å². The van der Waals surface area contributed by atoms with Crippen molar-refractivity contribution >= 4 is 5.84 Å². The van der Waals surface area contributed by atoms with Gasteiger partial charge in [0.2, 0.25) is 0 Å². The zero-order chi connectivity index (χ0) is 9.80. The van der Waals surface area contributed by atoms with Crippen molar-refractivity contribution in [2.75, 3.05) is 19.7 Å². The predicted molar refractivity (Wildman–Crippen MR) is 52.2 cm³/mol. The molecule has 2 rings (SSSR count). The Morgan fingerprint density at radius 2 is 2.43 bits per heavy atom. The number of aliphatic imine (C=N–C) groups is 1. The van der Waals surface area contributed by atoms with Crippen LogP contribution in [0, 0.1) is 5.82 Å². The van der Waals surface area contributed by atoms with Gasteiger partial charge in [-0.3, -0.25) is 4.99 Å². The molecule has 1 aliphatic heterocycles. The molecule has 0 fully saturated rings. The maximum absolute atomic E-state index is 12.7. The summed E-state index contributed by atoms with van der Waals surface area (Å²) >= 11 is 0. The molecule has 0 saturated carbocycles. The van der Waals surface area contributed by atoms with E-state index in [9.17, 15) is 4.39 Å². The Morgan fingerprint density at radius 3 is 3.14 bits per heavy atom. The Balaban J connectivity index is 1.91. The summed E-state index contributed by atoms with van der Waals surface area (Å²) < 4.78 is 18.1. The van der Waals surface area contributed by atoms with Crippen molar-refractivity contribution in [3.63, 3.8) is 0 Å². The van der Waals surface area contributed by atoms with Gasteiger partial charge < -0.3 is 10.1 Å². The van der Waals surface area contributed by atoms with E-state index in [1.54, 1.807) is 12.1 Å². The molecule has 0 radical (unpaired) electrons. The van der Waals surface area contributed by atoms with Crippen molar-refractivity contribution in [2.45, 2.75) is 0 Å². The first-order valence-corrected chi connectivity index (χ1v) is 4.50. The van der Waals surface area contributed by atoms with Gasteiger partial charge in [-0.15, -0.1) is 0 Å². The second-order valence-corrected chi connectivity index (χ2v) is 3.00. The van der Waals surface area contributed by atoms with Crippen LogP contribution in [0.4, 0.5) is 4.39 Å². The fourth-order valence-electron chi connectivity index (χ4n) is 1.25. The molecule has 4 heteroatoms. The van der Waals surface area contributed by atoms with Gasteiger partial charge in [0.1, 0.15) is 24.0 Å². The van der Waals surface area contributed by atoms with Gasteiger partial charge in [0.25, 0.3) is 0 Å². The second-order valence-electron chi connectivity index (χ2n) is 3.00. The van der Waals surface area contributed by atoms with Gasteiger partial charge in [-0.25, -0.2) is 4.39 Å². The van der Waals surface area contributed by atoms with Crippen molar-refractivity contribution in [1.82, 2.24) is 5.32 Å². The van der Waals surface area contributed by atoms with E-state index in [4.69, 9.17) is 4.74 Å². The molecule has 3 nitrogen and oxygen atoms in total. The molecule has 0 saturated heterocycles. The molecule has 0 bridgehead atoms. The molecule has 0 atom stereocenters. The molecule has 1 aliphatic rings. The summed E-state index contributed by atoms with van der Waals surface area (Å²) in [5, 5.41) is 3.07. The van der Waals surface area contributed by atoms with Gasteiger partial charge in [-0.1, -0.05) is 6.07 Å². The number of rotatable bonds is 3. The first kappa shape index (κ1) is 8.99. The van der Waals surface area contributed by atoms with E-state index in [1.807, 2.05) is 0 Å². The van der Waals surface area contributed by atoms with Crippen molar-refractivity contribution in [3.8, 4) is 5.75 Å². The molecule has 1 heterocycles. The minimum atomic E-state index is -0.288. The monoisotopic (exact) mass is 194 g/mol. The van der Waals surface area contributed by atoms with Crippen LogP contribution in [0.3, 0.4) is 0 Å². The maximum atomic E-state index is 12.7. The molecular weight excluding hydrogens is 183 g/mol. The van der Waals surface area contributed by atoms with E-state index < -0.39 is 0 Å². The first-order chi connectivity index (χ1) is 6.84. The van der Waals surface area contributed by atoms with E-state index in [2.05, 4.69) is 10.3 Å². The van der Waals surface area contributed by atoms with E-state index in [1.165, 1.54) is 12.1 Å². The number of nitrogens with one attached hydrogen (secondary N) is 1. The van der Waals surface area contributed by atoms with Crippen molar-refractivity contribution in [1.29, 1.82) is 0 Å². The normalized spacial score (nSPS) is 14.8. The van der Waals surface area contributed by atoms with Crippen LogP contribution < -0.4 is 10.1 Å². The fourth-order valence-corrected chi connectivity index (χ4v) is 1.25. The van der Waals surface area contributed by atoms with Gasteiger partial charge in [0.05, 0.1) is 6.54 Å². The molecule has 0 amide bonds. The average Bonchev–Trinajstić information content (AvgIpc) is 2.67. The van der Waals surface area contributed by atoms with Crippen LogP contribution in [0.1, 0.15) is 0 Å². The van der Waals surface area contributed by atoms with Crippen LogP contribution in [-0.4, -0.2) is 25.5 Å². The number of amidine groups is 1. The smallest absolute Gasteiger partial charge is 0.145 e. The van der Waals surface area contributed by atoms with Crippen molar-refractivity contribution in [3.05, 3.63) is 30.1 Å². The number of halogens is 1. The summed E-state index contributed by atoms with van der Waals surface area (Å²) in [4.78, 5) is 4.16.